The van der Waals surface area contributed by atoms with Gasteiger partial charge in [-0.25, -0.2) is 4.39 Å². The van der Waals surface area contributed by atoms with Crippen molar-refractivity contribution >= 4 is 0 Å². The van der Waals surface area contributed by atoms with Gasteiger partial charge in [-0.2, -0.15) is 0 Å². The van der Waals surface area contributed by atoms with Gasteiger partial charge in [-0.3, -0.25) is 0 Å². The average Bonchev–Trinajstić information content (AvgIpc) is 2.41. The zero-order valence-electron chi connectivity index (χ0n) is 11.9. The molecule has 0 unspecified atom stereocenters. The van der Waals surface area contributed by atoms with Crippen molar-refractivity contribution in [2.45, 2.75) is 32.8 Å². The molecule has 0 aliphatic carbocycles. The zero-order valence-corrected chi connectivity index (χ0v) is 11.9. The van der Waals surface area contributed by atoms with E-state index in [9.17, 15) is 9.50 Å². The summed E-state index contributed by atoms with van der Waals surface area (Å²) in [5, 5.41) is 9.44. The molecule has 0 aromatic heterocycles. The first-order valence-corrected chi connectivity index (χ1v) is 6.73. The monoisotopic (exact) mass is 274 g/mol. The number of hydrogen-bond acceptors (Lipinski definition) is 2. The largest absolute Gasteiger partial charge is 0.454 e. The van der Waals surface area contributed by atoms with Crippen molar-refractivity contribution < 1.29 is 14.2 Å². The lowest BCUT2D eigenvalue weighted by atomic mass is 10.0. The van der Waals surface area contributed by atoms with Crippen molar-refractivity contribution in [3.8, 4) is 11.5 Å². The van der Waals surface area contributed by atoms with E-state index >= 15 is 0 Å². The van der Waals surface area contributed by atoms with E-state index in [2.05, 4.69) is 13.8 Å². The van der Waals surface area contributed by atoms with E-state index in [1.807, 2.05) is 24.3 Å². The lowest BCUT2D eigenvalue weighted by Crippen LogP contribution is -1.97. The predicted molar refractivity (Wildman–Crippen MR) is 77.6 cm³/mol. The van der Waals surface area contributed by atoms with E-state index in [0.29, 0.717) is 17.2 Å². The second kappa shape index (κ2) is 6.06. The fraction of sp³-hybridized carbons (Fsp3) is 0.294. The summed E-state index contributed by atoms with van der Waals surface area (Å²) in [5.41, 5.74) is 1.57. The van der Waals surface area contributed by atoms with Gasteiger partial charge in [-0.15, -0.1) is 0 Å². The molecule has 0 saturated heterocycles. The topological polar surface area (TPSA) is 29.5 Å². The summed E-state index contributed by atoms with van der Waals surface area (Å²) in [6.45, 7) is 5.73. The van der Waals surface area contributed by atoms with Crippen molar-refractivity contribution in [2.75, 3.05) is 0 Å². The van der Waals surface area contributed by atoms with E-state index < -0.39 is 11.9 Å². The van der Waals surface area contributed by atoms with Gasteiger partial charge in [-0.05, 0) is 42.2 Å². The Kier molecular flexibility index (Phi) is 4.40. The van der Waals surface area contributed by atoms with Crippen LogP contribution in [0.15, 0.2) is 42.5 Å². The van der Waals surface area contributed by atoms with E-state index in [0.717, 1.165) is 5.56 Å². The Morgan fingerprint density at radius 3 is 2.30 bits per heavy atom. The van der Waals surface area contributed by atoms with Crippen molar-refractivity contribution in [2.24, 2.45) is 0 Å². The van der Waals surface area contributed by atoms with Crippen molar-refractivity contribution in [1.82, 2.24) is 0 Å². The molecule has 1 atom stereocenters. The van der Waals surface area contributed by atoms with Crippen LogP contribution in [0.3, 0.4) is 0 Å². The molecule has 2 rings (SSSR count). The highest BCUT2D eigenvalue weighted by molar-refractivity contribution is 5.40. The van der Waals surface area contributed by atoms with Gasteiger partial charge in [0, 0.05) is 0 Å². The van der Waals surface area contributed by atoms with Gasteiger partial charge in [0.15, 0.2) is 11.6 Å². The molecule has 0 heterocycles. The van der Waals surface area contributed by atoms with Crippen LogP contribution < -0.4 is 4.74 Å². The van der Waals surface area contributed by atoms with E-state index in [1.165, 1.54) is 6.07 Å². The first kappa shape index (κ1) is 14.5. The number of rotatable bonds is 4. The van der Waals surface area contributed by atoms with Gasteiger partial charge >= 0.3 is 0 Å². The summed E-state index contributed by atoms with van der Waals surface area (Å²) >= 11 is 0. The molecule has 1 N–H and O–H groups in total. The summed E-state index contributed by atoms with van der Waals surface area (Å²) < 4.78 is 19.7. The van der Waals surface area contributed by atoms with Crippen LogP contribution >= 0.6 is 0 Å². The number of aliphatic hydroxyl groups is 1. The molecule has 106 valence electrons. The Labute approximate surface area is 118 Å². The molecule has 0 radical (unpaired) electrons. The molecule has 0 spiro atoms. The van der Waals surface area contributed by atoms with E-state index in [4.69, 9.17) is 4.74 Å². The standard InChI is InChI=1S/C17H19FO2/c1-11(2)14-6-4-5-7-16(14)20-17-9-8-13(12(3)19)10-15(17)18/h4-12,19H,1-3H3/t12-/m0/s1. The number of halogens is 1. The molecular formula is C17H19FO2. The Hall–Kier alpha value is -1.87. The van der Waals surface area contributed by atoms with Crippen LogP contribution in [0.25, 0.3) is 0 Å². The molecule has 2 nitrogen and oxygen atoms in total. The van der Waals surface area contributed by atoms with Crippen LogP contribution in [0.5, 0.6) is 11.5 Å². The average molecular weight is 274 g/mol. The number of benzene rings is 2. The third-order valence-corrected chi connectivity index (χ3v) is 3.20. The lowest BCUT2D eigenvalue weighted by molar-refractivity contribution is 0.198. The molecule has 20 heavy (non-hydrogen) atoms. The summed E-state index contributed by atoms with van der Waals surface area (Å²) in [7, 11) is 0. The Balaban J connectivity index is 2.31. The maximum absolute atomic E-state index is 14.0. The highest BCUT2D eigenvalue weighted by Crippen LogP contribution is 2.32. The summed E-state index contributed by atoms with van der Waals surface area (Å²) in [4.78, 5) is 0. The molecule has 0 fully saturated rings. The highest BCUT2D eigenvalue weighted by Gasteiger charge is 2.12. The minimum absolute atomic E-state index is 0.169. The number of para-hydroxylation sites is 1. The first-order chi connectivity index (χ1) is 9.49. The Morgan fingerprint density at radius 1 is 1.00 bits per heavy atom. The summed E-state index contributed by atoms with van der Waals surface area (Å²) in [6, 6.07) is 12.1. The smallest absolute Gasteiger partial charge is 0.166 e. The Bertz CT molecular complexity index is 591. The van der Waals surface area contributed by atoms with Crippen LogP contribution in [0, 0.1) is 5.82 Å². The summed E-state index contributed by atoms with van der Waals surface area (Å²) in [5.74, 6) is 0.654. The number of ether oxygens (including phenoxy) is 1. The van der Waals surface area contributed by atoms with Crippen molar-refractivity contribution in [3.05, 3.63) is 59.4 Å². The SMILES string of the molecule is CC(C)c1ccccc1Oc1ccc([C@H](C)O)cc1F. The maximum atomic E-state index is 14.0. The third kappa shape index (κ3) is 3.17. The minimum Gasteiger partial charge on any atom is -0.454 e. The van der Waals surface area contributed by atoms with Gasteiger partial charge < -0.3 is 9.84 Å². The van der Waals surface area contributed by atoms with E-state index in [-0.39, 0.29) is 5.75 Å². The predicted octanol–water partition coefficient (Wildman–Crippen LogP) is 4.79. The fourth-order valence-electron chi connectivity index (χ4n) is 2.03. The maximum Gasteiger partial charge on any atom is 0.166 e. The zero-order chi connectivity index (χ0) is 14.7. The molecule has 0 amide bonds. The molecular weight excluding hydrogens is 255 g/mol. The van der Waals surface area contributed by atoms with Crippen molar-refractivity contribution in [1.29, 1.82) is 0 Å². The van der Waals surface area contributed by atoms with Crippen molar-refractivity contribution in [3.63, 3.8) is 0 Å². The second-order valence-electron chi connectivity index (χ2n) is 5.16. The van der Waals surface area contributed by atoms with Crippen LogP contribution in [0.1, 0.15) is 43.9 Å². The quantitative estimate of drug-likeness (QED) is 0.868. The molecule has 3 heteroatoms. The van der Waals surface area contributed by atoms with Gasteiger partial charge in [0.2, 0.25) is 0 Å². The van der Waals surface area contributed by atoms with Crippen LogP contribution in [0.4, 0.5) is 4.39 Å². The Morgan fingerprint density at radius 2 is 1.70 bits per heavy atom. The van der Waals surface area contributed by atoms with Gasteiger partial charge in [0.1, 0.15) is 5.75 Å². The van der Waals surface area contributed by atoms with Gasteiger partial charge in [0.05, 0.1) is 6.10 Å². The lowest BCUT2D eigenvalue weighted by Gasteiger charge is -2.14. The fourth-order valence-corrected chi connectivity index (χ4v) is 2.03. The third-order valence-electron chi connectivity index (χ3n) is 3.20. The van der Waals surface area contributed by atoms with Crippen LogP contribution in [-0.2, 0) is 0 Å². The normalized spacial score (nSPS) is 12.5. The number of aliphatic hydroxyl groups excluding tert-OH is 1. The van der Waals surface area contributed by atoms with Gasteiger partial charge in [-0.1, -0.05) is 38.1 Å². The molecule has 0 saturated carbocycles. The molecule has 2 aromatic carbocycles. The molecule has 0 bridgehead atoms. The summed E-state index contributed by atoms with van der Waals surface area (Å²) in [6.07, 6.45) is -0.693. The highest BCUT2D eigenvalue weighted by atomic mass is 19.1. The van der Waals surface area contributed by atoms with E-state index in [1.54, 1.807) is 19.1 Å². The minimum atomic E-state index is -0.693. The molecule has 0 aliphatic rings. The van der Waals surface area contributed by atoms with Gasteiger partial charge in [0.25, 0.3) is 0 Å². The molecule has 0 aliphatic heterocycles. The van der Waals surface area contributed by atoms with Crippen LogP contribution in [0.2, 0.25) is 0 Å². The number of hydrogen-bond donors (Lipinski definition) is 1. The first-order valence-electron chi connectivity index (χ1n) is 6.73. The second-order valence-corrected chi connectivity index (χ2v) is 5.16. The van der Waals surface area contributed by atoms with Crippen LogP contribution in [-0.4, -0.2) is 5.11 Å². The molecule has 2 aromatic rings.